The first-order chi connectivity index (χ1) is 7.13. The van der Waals surface area contributed by atoms with Gasteiger partial charge in [0.25, 0.3) is 0 Å². The summed E-state index contributed by atoms with van der Waals surface area (Å²) in [6.45, 7) is 3.36. The minimum atomic E-state index is -0.859. The summed E-state index contributed by atoms with van der Waals surface area (Å²) in [5.41, 5.74) is 0. The van der Waals surface area contributed by atoms with Crippen LogP contribution < -0.4 is 5.32 Å². The van der Waals surface area contributed by atoms with Crippen molar-refractivity contribution in [3.8, 4) is 0 Å². The summed E-state index contributed by atoms with van der Waals surface area (Å²) in [6, 6.07) is 0.266. The normalized spacial score (nSPS) is 27.9. The Hall–Kier alpha value is -0.650. The lowest BCUT2D eigenvalue weighted by molar-refractivity contribution is -0.149. The maximum atomic E-state index is 10.6. The molecule has 0 saturated carbocycles. The number of methoxy groups -OCH3 is 1. The quantitative estimate of drug-likeness (QED) is 0.667. The van der Waals surface area contributed by atoms with Crippen molar-refractivity contribution in [2.75, 3.05) is 20.3 Å². The molecule has 0 amide bonds. The molecule has 0 radical (unpaired) electrons. The average molecular weight is 217 g/mol. The van der Waals surface area contributed by atoms with Crippen LogP contribution in [0.3, 0.4) is 0 Å². The number of carboxylic acids is 1. The van der Waals surface area contributed by atoms with Crippen molar-refractivity contribution in [3.05, 3.63) is 0 Å². The molecule has 2 N–H and O–H groups in total. The van der Waals surface area contributed by atoms with Gasteiger partial charge in [0.1, 0.15) is 0 Å². The van der Waals surface area contributed by atoms with Crippen LogP contribution in [0.2, 0.25) is 0 Å². The molecule has 0 aromatic heterocycles. The fourth-order valence-electron chi connectivity index (χ4n) is 1.68. The summed E-state index contributed by atoms with van der Waals surface area (Å²) in [7, 11) is 1.66. The van der Waals surface area contributed by atoms with Crippen LogP contribution >= 0.6 is 0 Å². The average Bonchev–Trinajstić information content (AvgIpc) is 2.63. The Morgan fingerprint density at radius 2 is 2.40 bits per heavy atom. The molecule has 1 fully saturated rings. The zero-order valence-electron chi connectivity index (χ0n) is 9.23. The Morgan fingerprint density at radius 3 is 2.93 bits per heavy atom. The van der Waals surface area contributed by atoms with Crippen LogP contribution in [0.4, 0.5) is 0 Å². The Bertz CT molecular complexity index is 210. The van der Waals surface area contributed by atoms with Crippen LogP contribution in [-0.4, -0.2) is 49.6 Å². The molecule has 3 unspecified atom stereocenters. The SMILES string of the molecule is COCC(C)NCC1CCC(C(=O)O)O1. The fourth-order valence-corrected chi connectivity index (χ4v) is 1.68. The van der Waals surface area contributed by atoms with E-state index in [9.17, 15) is 4.79 Å². The highest BCUT2D eigenvalue weighted by molar-refractivity contribution is 5.72. The highest BCUT2D eigenvalue weighted by Crippen LogP contribution is 2.19. The molecular formula is C10H19NO4. The first-order valence-corrected chi connectivity index (χ1v) is 5.24. The summed E-state index contributed by atoms with van der Waals surface area (Å²) < 4.78 is 10.3. The van der Waals surface area contributed by atoms with Gasteiger partial charge >= 0.3 is 5.97 Å². The molecule has 1 heterocycles. The smallest absolute Gasteiger partial charge is 0.332 e. The van der Waals surface area contributed by atoms with Gasteiger partial charge in [0.2, 0.25) is 0 Å². The molecular weight excluding hydrogens is 198 g/mol. The second-order valence-electron chi connectivity index (χ2n) is 3.93. The zero-order chi connectivity index (χ0) is 11.3. The lowest BCUT2D eigenvalue weighted by atomic mass is 10.2. The second-order valence-corrected chi connectivity index (χ2v) is 3.93. The minimum absolute atomic E-state index is 0.0189. The van der Waals surface area contributed by atoms with E-state index in [0.29, 0.717) is 19.6 Å². The van der Waals surface area contributed by atoms with Crippen molar-refractivity contribution in [2.24, 2.45) is 0 Å². The van der Waals surface area contributed by atoms with Gasteiger partial charge in [0.05, 0.1) is 12.7 Å². The monoisotopic (exact) mass is 217 g/mol. The van der Waals surface area contributed by atoms with Crippen molar-refractivity contribution < 1.29 is 19.4 Å². The summed E-state index contributed by atoms with van der Waals surface area (Å²) >= 11 is 0. The van der Waals surface area contributed by atoms with E-state index in [4.69, 9.17) is 14.6 Å². The molecule has 3 atom stereocenters. The van der Waals surface area contributed by atoms with Gasteiger partial charge < -0.3 is 19.9 Å². The molecule has 0 spiro atoms. The Morgan fingerprint density at radius 1 is 1.67 bits per heavy atom. The van der Waals surface area contributed by atoms with E-state index in [2.05, 4.69) is 5.32 Å². The van der Waals surface area contributed by atoms with Gasteiger partial charge in [-0.1, -0.05) is 0 Å². The Kier molecular flexibility index (Phi) is 5.01. The maximum Gasteiger partial charge on any atom is 0.332 e. The van der Waals surface area contributed by atoms with Crippen LogP contribution in [0, 0.1) is 0 Å². The topological polar surface area (TPSA) is 67.8 Å². The third-order valence-corrected chi connectivity index (χ3v) is 2.49. The fraction of sp³-hybridized carbons (Fsp3) is 0.900. The number of hydrogen-bond acceptors (Lipinski definition) is 4. The molecule has 1 rings (SSSR count). The Labute approximate surface area is 89.8 Å². The minimum Gasteiger partial charge on any atom is -0.479 e. The first kappa shape index (κ1) is 12.4. The van der Waals surface area contributed by atoms with Crippen LogP contribution in [-0.2, 0) is 14.3 Å². The van der Waals surface area contributed by atoms with Crippen LogP contribution in [0.15, 0.2) is 0 Å². The van der Waals surface area contributed by atoms with Gasteiger partial charge in [0, 0.05) is 19.7 Å². The van der Waals surface area contributed by atoms with Crippen molar-refractivity contribution in [1.82, 2.24) is 5.32 Å². The van der Waals surface area contributed by atoms with Crippen LogP contribution in [0.1, 0.15) is 19.8 Å². The number of nitrogens with one attached hydrogen (secondary N) is 1. The highest BCUT2D eigenvalue weighted by atomic mass is 16.5. The second kappa shape index (κ2) is 6.05. The Balaban J connectivity index is 2.16. The number of aliphatic carboxylic acids is 1. The van der Waals surface area contributed by atoms with Crippen molar-refractivity contribution in [2.45, 2.75) is 38.0 Å². The molecule has 88 valence electrons. The summed E-state index contributed by atoms with van der Waals surface area (Å²) in [6.07, 6.45) is 0.823. The predicted octanol–water partition coefficient (Wildman–Crippen LogP) is 0.243. The molecule has 0 aromatic rings. The van der Waals surface area contributed by atoms with Gasteiger partial charge in [-0.05, 0) is 19.8 Å². The molecule has 5 nitrogen and oxygen atoms in total. The van der Waals surface area contributed by atoms with Gasteiger partial charge in [-0.25, -0.2) is 4.79 Å². The molecule has 0 aromatic carbocycles. The van der Waals surface area contributed by atoms with Gasteiger partial charge in [-0.15, -0.1) is 0 Å². The number of hydrogen-bond donors (Lipinski definition) is 2. The van der Waals surface area contributed by atoms with Gasteiger partial charge in [-0.3, -0.25) is 0 Å². The third kappa shape index (κ3) is 4.15. The van der Waals surface area contributed by atoms with E-state index < -0.39 is 12.1 Å². The molecule has 1 saturated heterocycles. The van der Waals surface area contributed by atoms with E-state index in [-0.39, 0.29) is 12.1 Å². The first-order valence-electron chi connectivity index (χ1n) is 5.24. The van der Waals surface area contributed by atoms with Crippen molar-refractivity contribution in [3.63, 3.8) is 0 Å². The van der Waals surface area contributed by atoms with Crippen molar-refractivity contribution in [1.29, 1.82) is 0 Å². The van der Waals surface area contributed by atoms with E-state index in [1.165, 1.54) is 0 Å². The molecule has 1 aliphatic rings. The molecule has 5 heteroatoms. The number of ether oxygens (including phenoxy) is 2. The van der Waals surface area contributed by atoms with Crippen LogP contribution in [0.5, 0.6) is 0 Å². The lowest BCUT2D eigenvalue weighted by Gasteiger charge is -2.16. The molecule has 15 heavy (non-hydrogen) atoms. The van der Waals surface area contributed by atoms with Crippen LogP contribution in [0.25, 0.3) is 0 Å². The number of rotatable bonds is 6. The zero-order valence-corrected chi connectivity index (χ0v) is 9.23. The van der Waals surface area contributed by atoms with E-state index in [1.54, 1.807) is 7.11 Å². The molecule has 1 aliphatic heterocycles. The van der Waals surface area contributed by atoms with E-state index in [0.717, 1.165) is 6.42 Å². The third-order valence-electron chi connectivity index (χ3n) is 2.49. The van der Waals surface area contributed by atoms with E-state index in [1.807, 2.05) is 6.92 Å². The summed E-state index contributed by atoms with van der Waals surface area (Å²) in [5.74, 6) is -0.859. The number of carbonyl (C=O) groups is 1. The highest BCUT2D eigenvalue weighted by Gasteiger charge is 2.30. The van der Waals surface area contributed by atoms with Gasteiger partial charge in [-0.2, -0.15) is 0 Å². The largest absolute Gasteiger partial charge is 0.479 e. The van der Waals surface area contributed by atoms with Crippen molar-refractivity contribution >= 4 is 5.97 Å². The molecule has 0 bridgehead atoms. The van der Waals surface area contributed by atoms with Gasteiger partial charge in [0.15, 0.2) is 6.10 Å². The van der Waals surface area contributed by atoms with E-state index >= 15 is 0 Å². The summed E-state index contributed by atoms with van der Waals surface area (Å²) in [5, 5.41) is 12.0. The molecule has 0 aliphatic carbocycles. The maximum absolute atomic E-state index is 10.6. The lowest BCUT2D eigenvalue weighted by Crippen LogP contribution is -2.36. The summed E-state index contributed by atoms with van der Waals surface area (Å²) in [4.78, 5) is 10.6. The standard InChI is InChI=1S/C10H19NO4/c1-7(6-14-2)11-5-8-3-4-9(15-8)10(12)13/h7-9,11H,3-6H2,1-2H3,(H,12,13). The predicted molar refractivity (Wildman–Crippen MR) is 54.9 cm³/mol. The number of carboxylic acid groups (broad SMARTS) is 1.